The number of benzene rings is 1. The Hall–Kier alpha value is -1.04. The SMILES string of the molecule is C=Cc1ccc([C@H]2CC[C@H](CCCCC)CC2)cc1. The molecule has 0 aromatic heterocycles. The first-order chi connectivity index (χ1) is 9.33. The molecule has 1 saturated carbocycles. The molecule has 0 heteroatoms. The van der Waals surface area contributed by atoms with Gasteiger partial charge in [0.25, 0.3) is 0 Å². The maximum absolute atomic E-state index is 3.82. The molecule has 0 amide bonds. The summed E-state index contributed by atoms with van der Waals surface area (Å²) in [6.45, 7) is 6.11. The maximum atomic E-state index is 3.82. The van der Waals surface area contributed by atoms with E-state index in [0.29, 0.717) is 0 Å². The van der Waals surface area contributed by atoms with Crippen LogP contribution < -0.4 is 0 Å². The molecule has 0 heterocycles. The average molecular weight is 256 g/mol. The highest BCUT2D eigenvalue weighted by molar-refractivity contribution is 5.47. The summed E-state index contributed by atoms with van der Waals surface area (Å²) in [4.78, 5) is 0. The van der Waals surface area contributed by atoms with Crippen molar-refractivity contribution in [3.05, 3.63) is 42.0 Å². The molecule has 1 fully saturated rings. The van der Waals surface area contributed by atoms with Gasteiger partial charge in [-0.25, -0.2) is 0 Å². The van der Waals surface area contributed by atoms with Crippen molar-refractivity contribution in [2.45, 2.75) is 64.2 Å². The monoisotopic (exact) mass is 256 g/mol. The van der Waals surface area contributed by atoms with Gasteiger partial charge in [0, 0.05) is 0 Å². The molecule has 0 unspecified atom stereocenters. The average Bonchev–Trinajstić information content (AvgIpc) is 2.48. The van der Waals surface area contributed by atoms with E-state index in [1.165, 1.54) is 62.5 Å². The molecule has 0 spiro atoms. The molecule has 0 N–H and O–H groups in total. The van der Waals surface area contributed by atoms with E-state index in [1.54, 1.807) is 0 Å². The van der Waals surface area contributed by atoms with Crippen LogP contribution in [0.15, 0.2) is 30.8 Å². The fraction of sp³-hybridized carbons (Fsp3) is 0.579. The molecule has 0 radical (unpaired) electrons. The van der Waals surface area contributed by atoms with Crippen molar-refractivity contribution in [2.75, 3.05) is 0 Å². The van der Waals surface area contributed by atoms with Gasteiger partial charge in [0.05, 0.1) is 0 Å². The Bertz CT molecular complexity index is 366. The highest BCUT2D eigenvalue weighted by atomic mass is 14.3. The molecule has 0 saturated heterocycles. The fourth-order valence-electron chi connectivity index (χ4n) is 3.37. The third-order valence-corrected chi connectivity index (χ3v) is 4.71. The van der Waals surface area contributed by atoms with Gasteiger partial charge in [0.2, 0.25) is 0 Å². The zero-order valence-electron chi connectivity index (χ0n) is 12.4. The van der Waals surface area contributed by atoms with Crippen molar-refractivity contribution in [3.8, 4) is 0 Å². The van der Waals surface area contributed by atoms with Gasteiger partial charge in [-0.05, 0) is 48.6 Å². The Morgan fingerprint density at radius 3 is 2.32 bits per heavy atom. The van der Waals surface area contributed by atoms with Gasteiger partial charge < -0.3 is 0 Å². The van der Waals surface area contributed by atoms with Crippen molar-refractivity contribution in [2.24, 2.45) is 5.92 Å². The van der Waals surface area contributed by atoms with Gasteiger partial charge in [0.15, 0.2) is 0 Å². The molecule has 1 aromatic carbocycles. The smallest absolute Gasteiger partial charge is 0.0162 e. The van der Waals surface area contributed by atoms with Crippen molar-refractivity contribution >= 4 is 6.08 Å². The van der Waals surface area contributed by atoms with Crippen LogP contribution in [0, 0.1) is 5.92 Å². The normalized spacial score (nSPS) is 23.2. The first-order valence-corrected chi connectivity index (χ1v) is 8.06. The van der Waals surface area contributed by atoms with Gasteiger partial charge in [-0.2, -0.15) is 0 Å². The lowest BCUT2D eigenvalue weighted by atomic mass is 9.77. The minimum absolute atomic E-state index is 0.807. The predicted molar refractivity (Wildman–Crippen MR) is 85.4 cm³/mol. The number of rotatable bonds is 6. The Morgan fingerprint density at radius 2 is 1.74 bits per heavy atom. The summed E-state index contributed by atoms with van der Waals surface area (Å²) >= 11 is 0. The number of hydrogen-bond acceptors (Lipinski definition) is 0. The third-order valence-electron chi connectivity index (χ3n) is 4.71. The third kappa shape index (κ3) is 4.23. The summed E-state index contributed by atoms with van der Waals surface area (Å²) in [6.07, 6.45) is 13.3. The van der Waals surface area contributed by atoms with E-state index in [1.807, 2.05) is 6.08 Å². The van der Waals surface area contributed by atoms with Crippen LogP contribution in [-0.4, -0.2) is 0 Å². The second kappa shape index (κ2) is 7.53. The number of hydrogen-bond donors (Lipinski definition) is 0. The van der Waals surface area contributed by atoms with Gasteiger partial charge >= 0.3 is 0 Å². The standard InChI is InChI=1S/C19H28/c1-3-5-6-7-17-10-14-19(15-11-17)18-12-8-16(4-2)9-13-18/h4,8-9,12-13,17,19H,2-3,5-7,10-11,14-15H2,1H3/t17-,19-. The summed E-state index contributed by atoms with van der Waals surface area (Å²) in [6, 6.07) is 9.02. The molecule has 1 aliphatic carbocycles. The lowest BCUT2D eigenvalue weighted by molar-refractivity contribution is 0.303. The Morgan fingerprint density at radius 1 is 1.05 bits per heavy atom. The summed E-state index contributed by atoms with van der Waals surface area (Å²) < 4.78 is 0. The van der Waals surface area contributed by atoms with Gasteiger partial charge in [-0.3, -0.25) is 0 Å². The van der Waals surface area contributed by atoms with E-state index in [9.17, 15) is 0 Å². The second-order valence-corrected chi connectivity index (χ2v) is 6.08. The maximum Gasteiger partial charge on any atom is -0.0162 e. The summed E-state index contributed by atoms with van der Waals surface area (Å²) in [7, 11) is 0. The predicted octanol–water partition coefficient (Wildman–Crippen LogP) is 6.18. The topological polar surface area (TPSA) is 0 Å². The summed E-state index contributed by atoms with van der Waals surface area (Å²) in [5.74, 6) is 1.82. The molecule has 0 bridgehead atoms. The first-order valence-electron chi connectivity index (χ1n) is 8.06. The molecule has 19 heavy (non-hydrogen) atoms. The van der Waals surface area contributed by atoms with Crippen molar-refractivity contribution in [1.82, 2.24) is 0 Å². The van der Waals surface area contributed by atoms with Crippen LogP contribution >= 0.6 is 0 Å². The van der Waals surface area contributed by atoms with E-state index in [-0.39, 0.29) is 0 Å². The lowest BCUT2D eigenvalue weighted by Crippen LogP contribution is -2.13. The van der Waals surface area contributed by atoms with Crippen LogP contribution in [0.2, 0.25) is 0 Å². The quantitative estimate of drug-likeness (QED) is 0.533. The van der Waals surface area contributed by atoms with Crippen LogP contribution in [0.5, 0.6) is 0 Å². The number of unbranched alkanes of at least 4 members (excludes halogenated alkanes) is 2. The molecule has 0 aliphatic heterocycles. The minimum Gasteiger partial charge on any atom is -0.0985 e. The lowest BCUT2D eigenvalue weighted by Gasteiger charge is -2.29. The van der Waals surface area contributed by atoms with Gasteiger partial charge in [0.1, 0.15) is 0 Å². The fourth-order valence-corrected chi connectivity index (χ4v) is 3.37. The van der Waals surface area contributed by atoms with Gasteiger partial charge in [-0.15, -0.1) is 0 Å². The molecule has 0 atom stereocenters. The first kappa shape index (κ1) is 14.4. The largest absolute Gasteiger partial charge is 0.0985 e. The highest BCUT2D eigenvalue weighted by Crippen LogP contribution is 2.37. The van der Waals surface area contributed by atoms with Crippen molar-refractivity contribution in [1.29, 1.82) is 0 Å². The molecule has 1 aromatic rings. The molecular formula is C19H28. The van der Waals surface area contributed by atoms with Crippen LogP contribution in [0.1, 0.15) is 75.3 Å². The van der Waals surface area contributed by atoms with Crippen molar-refractivity contribution < 1.29 is 0 Å². The summed E-state index contributed by atoms with van der Waals surface area (Å²) in [5.41, 5.74) is 2.77. The molecule has 2 rings (SSSR count). The molecule has 104 valence electrons. The Kier molecular flexibility index (Phi) is 5.69. The van der Waals surface area contributed by atoms with Crippen LogP contribution in [0.25, 0.3) is 6.08 Å². The van der Waals surface area contributed by atoms with Crippen molar-refractivity contribution in [3.63, 3.8) is 0 Å². The van der Waals surface area contributed by atoms with E-state index in [4.69, 9.17) is 0 Å². The highest BCUT2D eigenvalue weighted by Gasteiger charge is 2.21. The van der Waals surface area contributed by atoms with E-state index in [2.05, 4.69) is 37.8 Å². The Balaban J connectivity index is 1.80. The second-order valence-electron chi connectivity index (χ2n) is 6.08. The van der Waals surface area contributed by atoms with E-state index in [0.717, 1.165) is 11.8 Å². The molecule has 1 aliphatic rings. The van der Waals surface area contributed by atoms with E-state index < -0.39 is 0 Å². The van der Waals surface area contributed by atoms with Crippen LogP contribution in [-0.2, 0) is 0 Å². The summed E-state index contributed by atoms with van der Waals surface area (Å²) in [5, 5.41) is 0. The zero-order valence-corrected chi connectivity index (χ0v) is 12.4. The van der Waals surface area contributed by atoms with Crippen LogP contribution in [0.3, 0.4) is 0 Å². The zero-order chi connectivity index (χ0) is 13.5. The molecule has 0 nitrogen and oxygen atoms in total. The van der Waals surface area contributed by atoms with E-state index >= 15 is 0 Å². The van der Waals surface area contributed by atoms with Gasteiger partial charge in [-0.1, -0.05) is 69.5 Å². The Labute approximate surface area is 118 Å². The molecular weight excluding hydrogens is 228 g/mol. The van der Waals surface area contributed by atoms with Crippen LogP contribution in [0.4, 0.5) is 0 Å². The minimum atomic E-state index is 0.807.